The third kappa shape index (κ3) is 4.15. The highest BCUT2D eigenvalue weighted by Crippen LogP contribution is 2.22. The van der Waals surface area contributed by atoms with Crippen LogP contribution in [0, 0.1) is 0 Å². The number of benzene rings is 2. The van der Waals surface area contributed by atoms with E-state index >= 15 is 0 Å². The molecule has 114 valence electrons. The van der Waals surface area contributed by atoms with Gasteiger partial charge in [-0.2, -0.15) is 13.2 Å². The van der Waals surface area contributed by atoms with Gasteiger partial charge in [0.2, 0.25) is 0 Å². The van der Waals surface area contributed by atoms with E-state index in [2.05, 4.69) is 4.74 Å². The molecule has 0 bridgehead atoms. The summed E-state index contributed by atoms with van der Waals surface area (Å²) in [4.78, 5) is 0. The van der Waals surface area contributed by atoms with Gasteiger partial charge >= 0.3 is 12.1 Å². The summed E-state index contributed by atoms with van der Waals surface area (Å²) < 4.78 is 40.9. The van der Waals surface area contributed by atoms with Crippen molar-refractivity contribution in [2.45, 2.75) is 6.92 Å². The van der Waals surface area contributed by atoms with Crippen LogP contribution in [0.25, 0.3) is 11.6 Å². The zero-order valence-corrected chi connectivity index (χ0v) is 11.8. The molecule has 0 saturated carbocycles. The first-order valence-electron chi connectivity index (χ1n) is 6.48. The Bertz CT molecular complexity index is 700. The molecular weight excluding hydrogens is 291 g/mol. The lowest BCUT2D eigenvalue weighted by molar-refractivity contribution is 0.241. The van der Waals surface area contributed by atoms with E-state index < -0.39 is 12.1 Å². The minimum atomic E-state index is -2.48. The predicted molar refractivity (Wildman–Crippen MR) is 81.8 cm³/mol. The molecule has 0 unspecified atom stereocenters. The normalized spacial score (nSPS) is 11.2. The van der Waals surface area contributed by atoms with Crippen molar-refractivity contribution in [2.24, 2.45) is 0 Å². The fourth-order valence-corrected chi connectivity index (χ4v) is 1.85. The summed E-state index contributed by atoms with van der Waals surface area (Å²) in [6.45, 7) is 1.94. The molecule has 0 aromatic heterocycles. The molecule has 0 saturated heterocycles. The zero-order chi connectivity index (χ0) is 16.1. The summed E-state index contributed by atoms with van der Waals surface area (Å²) in [6, 6.07) is 11.7. The molecular formula is C17H14F3NO. The Morgan fingerprint density at radius 2 is 1.55 bits per heavy atom. The molecule has 0 aliphatic carbocycles. The number of hydrogen-bond acceptors (Lipinski definition) is 2. The molecule has 0 radical (unpaired) electrons. The number of allylic oxidation sites excluding steroid dienone is 1. The van der Waals surface area contributed by atoms with E-state index in [1.807, 2.05) is 37.3 Å². The Hall–Kier alpha value is -2.69. The summed E-state index contributed by atoms with van der Waals surface area (Å²) >= 11 is 0. The number of ether oxygens (including phenoxy) is 1. The van der Waals surface area contributed by atoms with Crippen LogP contribution in [-0.4, -0.2) is 0 Å². The number of halogens is 3. The second-order valence-electron chi connectivity index (χ2n) is 4.65. The molecule has 2 aromatic carbocycles. The first kappa shape index (κ1) is 15.7. The quantitative estimate of drug-likeness (QED) is 0.476. The average molecular weight is 305 g/mol. The summed E-state index contributed by atoms with van der Waals surface area (Å²) in [5.74, 6) is 0.00703. The highest BCUT2D eigenvalue weighted by Gasteiger charge is 2.07. The lowest BCUT2D eigenvalue weighted by Crippen LogP contribution is -1.90. The van der Waals surface area contributed by atoms with Crippen LogP contribution in [0.4, 0.5) is 18.9 Å². The van der Waals surface area contributed by atoms with E-state index in [1.165, 1.54) is 12.1 Å². The van der Waals surface area contributed by atoms with Gasteiger partial charge in [0.15, 0.2) is 0 Å². The monoisotopic (exact) mass is 305 g/mol. The number of rotatable bonds is 4. The SMILES string of the molecule is CC(=Cc1ccc(OC(F)=C(F)F)cc1)c1ccc(N)cc1. The molecule has 0 aliphatic heterocycles. The van der Waals surface area contributed by atoms with Crippen molar-refractivity contribution < 1.29 is 17.9 Å². The van der Waals surface area contributed by atoms with E-state index in [1.54, 1.807) is 12.1 Å². The van der Waals surface area contributed by atoms with Crippen molar-refractivity contribution in [3.8, 4) is 5.75 Å². The van der Waals surface area contributed by atoms with Crippen LogP contribution >= 0.6 is 0 Å². The first-order valence-corrected chi connectivity index (χ1v) is 6.48. The summed E-state index contributed by atoms with van der Waals surface area (Å²) in [5, 5.41) is 0. The molecule has 2 rings (SSSR count). The molecule has 5 heteroatoms. The fourth-order valence-electron chi connectivity index (χ4n) is 1.85. The number of nitrogens with two attached hydrogens (primary N) is 1. The van der Waals surface area contributed by atoms with Gasteiger partial charge in [0.25, 0.3) is 0 Å². The smallest absolute Gasteiger partial charge is 0.344 e. The van der Waals surface area contributed by atoms with Crippen LogP contribution in [0.1, 0.15) is 18.1 Å². The van der Waals surface area contributed by atoms with Crippen molar-refractivity contribution in [3.63, 3.8) is 0 Å². The number of hydrogen-bond donors (Lipinski definition) is 1. The van der Waals surface area contributed by atoms with Crippen molar-refractivity contribution in [1.29, 1.82) is 0 Å². The van der Waals surface area contributed by atoms with Gasteiger partial charge in [0.1, 0.15) is 5.75 Å². The van der Waals surface area contributed by atoms with Crippen molar-refractivity contribution in [2.75, 3.05) is 5.73 Å². The zero-order valence-electron chi connectivity index (χ0n) is 11.8. The lowest BCUT2D eigenvalue weighted by atomic mass is 10.0. The maximum absolute atomic E-state index is 12.7. The number of anilines is 1. The molecule has 0 aliphatic rings. The second kappa shape index (κ2) is 6.85. The third-order valence-corrected chi connectivity index (χ3v) is 2.99. The van der Waals surface area contributed by atoms with Gasteiger partial charge in [0, 0.05) is 5.69 Å². The van der Waals surface area contributed by atoms with E-state index in [0.717, 1.165) is 16.7 Å². The highest BCUT2D eigenvalue weighted by molar-refractivity contribution is 5.80. The number of nitrogen functional groups attached to an aromatic ring is 1. The Balaban J connectivity index is 2.15. The second-order valence-corrected chi connectivity index (χ2v) is 4.65. The average Bonchev–Trinajstić information content (AvgIpc) is 2.49. The van der Waals surface area contributed by atoms with Gasteiger partial charge in [0.05, 0.1) is 0 Å². The van der Waals surface area contributed by atoms with Gasteiger partial charge in [-0.25, -0.2) is 0 Å². The van der Waals surface area contributed by atoms with Gasteiger partial charge in [-0.1, -0.05) is 30.3 Å². The molecule has 0 amide bonds. The summed E-state index contributed by atoms with van der Waals surface area (Å²) in [5.41, 5.74) is 9.19. The van der Waals surface area contributed by atoms with E-state index in [4.69, 9.17) is 5.73 Å². The maximum Gasteiger partial charge on any atom is 0.344 e. The Labute approximate surface area is 126 Å². The summed E-state index contributed by atoms with van der Waals surface area (Å²) in [6.07, 6.45) is -0.569. The van der Waals surface area contributed by atoms with Gasteiger partial charge in [-0.3, -0.25) is 0 Å². The van der Waals surface area contributed by atoms with E-state index in [-0.39, 0.29) is 5.75 Å². The van der Waals surface area contributed by atoms with Crippen molar-refractivity contribution in [1.82, 2.24) is 0 Å². The van der Waals surface area contributed by atoms with Crippen LogP contribution in [0.15, 0.2) is 60.6 Å². The van der Waals surface area contributed by atoms with Gasteiger partial charge in [-0.05, 0) is 47.9 Å². The molecule has 0 spiro atoms. The largest absolute Gasteiger partial charge is 0.428 e. The minimum Gasteiger partial charge on any atom is -0.428 e. The van der Waals surface area contributed by atoms with Gasteiger partial charge < -0.3 is 10.5 Å². The van der Waals surface area contributed by atoms with Crippen molar-refractivity contribution in [3.05, 3.63) is 71.8 Å². The van der Waals surface area contributed by atoms with Crippen LogP contribution in [-0.2, 0) is 0 Å². The molecule has 0 heterocycles. The van der Waals surface area contributed by atoms with Crippen molar-refractivity contribution >= 4 is 17.3 Å². The lowest BCUT2D eigenvalue weighted by Gasteiger charge is -2.04. The van der Waals surface area contributed by atoms with Crippen LogP contribution in [0.5, 0.6) is 5.75 Å². The predicted octanol–water partition coefficient (Wildman–Crippen LogP) is 5.24. The fraction of sp³-hybridized carbons (Fsp3) is 0.0588. The van der Waals surface area contributed by atoms with E-state index in [9.17, 15) is 13.2 Å². The standard InChI is InChI=1S/C17H14F3NO/c1-11(13-4-6-14(21)7-5-13)10-12-2-8-15(9-3-12)22-17(20)16(18)19/h2-10H,21H2,1H3. The molecule has 0 atom stereocenters. The van der Waals surface area contributed by atoms with Crippen LogP contribution in [0.3, 0.4) is 0 Å². The summed E-state index contributed by atoms with van der Waals surface area (Å²) in [7, 11) is 0. The van der Waals surface area contributed by atoms with Gasteiger partial charge in [-0.15, -0.1) is 0 Å². The van der Waals surface area contributed by atoms with E-state index in [0.29, 0.717) is 5.69 Å². The first-order chi connectivity index (χ1) is 10.5. The molecule has 2 N–H and O–H groups in total. The van der Waals surface area contributed by atoms with Crippen LogP contribution < -0.4 is 10.5 Å². The Kier molecular flexibility index (Phi) is 4.88. The third-order valence-electron chi connectivity index (χ3n) is 2.99. The Morgan fingerprint density at radius 1 is 0.955 bits per heavy atom. The maximum atomic E-state index is 12.7. The topological polar surface area (TPSA) is 35.2 Å². The minimum absolute atomic E-state index is 0.00703. The van der Waals surface area contributed by atoms with Crippen LogP contribution in [0.2, 0.25) is 0 Å². The highest BCUT2D eigenvalue weighted by atomic mass is 19.3. The molecule has 2 aromatic rings. The molecule has 2 nitrogen and oxygen atoms in total. The molecule has 0 fully saturated rings. The Morgan fingerprint density at radius 3 is 2.09 bits per heavy atom. The molecule has 22 heavy (non-hydrogen) atoms.